The van der Waals surface area contributed by atoms with E-state index in [1.54, 1.807) is 33.5 Å². The van der Waals surface area contributed by atoms with Crippen molar-refractivity contribution in [2.24, 2.45) is 0 Å². The fourth-order valence-electron chi connectivity index (χ4n) is 2.92. The molecule has 1 fully saturated rings. The van der Waals surface area contributed by atoms with Gasteiger partial charge in [0.1, 0.15) is 0 Å². The molecule has 1 saturated heterocycles. The molecule has 1 aliphatic heterocycles. The third-order valence-corrected chi connectivity index (χ3v) is 4.26. The lowest BCUT2D eigenvalue weighted by Gasteiger charge is -2.13. The van der Waals surface area contributed by atoms with E-state index in [-0.39, 0.29) is 12.0 Å². The summed E-state index contributed by atoms with van der Waals surface area (Å²) in [4.78, 5) is 12.1. The molecule has 0 bridgehead atoms. The molecule has 0 spiro atoms. The van der Waals surface area contributed by atoms with Crippen molar-refractivity contribution >= 4 is 5.91 Å². The van der Waals surface area contributed by atoms with Crippen LogP contribution in [0.5, 0.6) is 17.2 Å². The molecule has 0 saturated carbocycles. The van der Waals surface area contributed by atoms with E-state index in [4.69, 9.17) is 23.4 Å². The van der Waals surface area contributed by atoms with Crippen LogP contribution in [0.4, 0.5) is 0 Å². The van der Waals surface area contributed by atoms with Gasteiger partial charge in [0.2, 0.25) is 11.6 Å². The molecule has 2 heterocycles. The Kier molecular flexibility index (Phi) is 6.12. The minimum absolute atomic E-state index is 0.0515. The van der Waals surface area contributed by atoms with Crippen LogP contribution in [-0.2, 0) is 11.2 Å². The molecule has 1 unspecified atom stereocenters. The number of nitrogens with zero attached hydrogens (tertiary/aromatic N) is 2. The Bertz CT molecular complexity index is 760. The van der Waals surface area contributed by atoms with Gasteiger partial charge in [0, 0.05) is 13.2 Å². The fourth-order valence-corrected chi connectivity index (χ4v) is 2.92. The first kappa shape index (κ1) is 19.0. The number of carbonyl (C=O) groups excluding carboxylic acids is 1. The zero-order chi connectivity index (χ0) is 19.2. The number of methoxy groups -OCH3 is 3. The molecule has 3 rings (SSSR count). The van der Waals surface area contributed by atoms with Crippen molar-refractivity contribution in [2.75, 3.05) is 34.5 Å². The first-order valence-corrected chi connectivity index (χ1v) is 8.65. The predicted molar refractivity (Wildman–Crippen MR) is 94.5 cm³/mol. The van der Waals surface area contributed by atoms with Crippen molar-refractivity contribution < 1.29 is 28.2 Å². The average molecular weight is 377 g/mol. The van der Waals surface area contributed by atoms with Gasteiger partial charge in [-0.2, -0.15) is 0 Å². The predicted octanol–water partition coefficient (Wildman–Crippen LogP) is 1.59. The van der Waals surface area contributed by atoms with Crippen molar-refractivity contribution in [2.45, 2.75) is 25.4 Å². The molecule has 1 aliphatic rings. The second kappa shape index (κ2) is 8.72. The molecule has 146 valence electrons. The lowest BCUT2D eigenvalue weighted by molar-refractivity contribution is 0.0828. The highest BCUT2D eigenvalue weighted by Crippen LogP contribution is 2.38. The van der Waals surface area contributed by atoms with E-state index in [1.807, 2.05) is 0 Å². The van der Waals surface area contributed by atoms with Gasteiger partial charge in [-0.15, -0.1) is 10.2 Å². The van der Waals surface area contributed by atoms with Crippen molar-refractivity contribution in [3.63, 3.8) is 0 Å². The zero-order valence-corrected chi connectivity index (χ0v) is 15.6. The standard InChI is InChI=1S/C18H23N3O6/c1-23-13-7-11(8-14(24-2)16(13)25-3)9-15-20-21-18(27-15)17(22)19-10-12-5-4-6-26-12/h7-8,12H,4-6,9-10H2,1-3H3,(H,19,22). The number of amides is 1. The second-order valence-corrected chi connectivity index (χ2v) is 6.06. The summed E-state index contributed by atoms with van der Waals surface area (Å²) in [7, 11) is 4.63. The van der Waals surface area contributed by atoms with E-state index < -0.39 is 5.91 Å². The van der Waals surface area contributed by atoms with Crippen LogP contribution in [-0.4, -0.2) is 56.7 Å². The molecule has 1 atom stereocenters. The van der Waals surface area contributed by atoms with Crippen LogP contribution in [0.15, 0.2) is 16.5 Å². The van der Waals surface area contributed by atoms with E-state index >= 15 is 0 Å². The summed E-state index contributed by atoms with van der Waals surface area (Å²) >= 11 is 0. The van der Waals surface area contributed by atoms with E-state index in [1.165, 1.54) is 0 Å². The normalized spacial score (nSPS) is 16.2. The number of aromatic nitrogens is 2. The molecule has 27 heavy (non-hydrogen) atoms. The Morgan fingerprint density at radius 3 is 2.52 bits per heavy atom. The topological polar surface area (TPSA) is 105 Å². The number of carbonyl (C=O) groups is 1. The van der Waals surface area contributed by atoms with Crippen LogP contribution in [0, 0.1) is 0 Å². The van der Waals surface area contributed by atoms with Crippen molar-refractivity contribution in [3.8, 4) is 17.2 Å². The van der Waals surface area contributed by atoms with Gasteiger partial charge in [0.05, 0.1) is 33.9 Å². The van der Waals surface area contributed by atoms with Crippen LogP contribution < -0.4 is 19.5 Å². The number of hydrogen-bond donors (Lipinski definition) is 1. The van der Waals surface area contributed by atoms with Gasteiger partial charge in [-0.05, 0) is 30.5 Å². The van der Waals surface area contributed by atoms with E-state index in [2.05, 4.69) is 15.5 Å². The van der Waals surface area contributed by atoms with E-state index in [0.29, 0.717) is 36.1 Å². The first-order valence-electron chi connectivity index (χ1n) is 8.65. The summed E-state index contributed by atoms with van der Waals surface area (Å²) in [6.45, 7) is 1.17. The van der Waals surface area contributed by atoms with Crippen molar-refractivity contribution in [1.82, 2.24) is 15.5 Å². The van der Waals surface area contributed by atoms with Gasteiger partial charge in [-0.3, -0.25) is 4.79 Å². The highest BCUT2D eigenvalue weighted by Gasteiger charge is 2.20. The smallest absolute Gasteiger partial charge is 0.308 e. The van der Waals surface area contributed by atoms with Gasteiger partial charge in [0.25, 0.3) is 0 Å². The number of benzene rings is 1. The minimum atomic E-state index is -0.408. The number of hydrogen-bond acceptors (Lipinski definition) is 8. The van der Waals surface area contributed by atoms with Crippen molar-refractivity contribution in [1.29, 1.82) is 0 Å². The molecular formula is C18H23N3O6. The Morgan fingerprint density at radius 1 is 1.19 bits per heavy atom. The molecule has 1 N–H and O–H groups in total. The van der Waals surface area contributed by atoms with Crippen LogP contribution in [0.1, 0.15) is 35.0 Å². The number of nitrogens with one attached hydrogen (secondary N) is 1. The van der Waals surface area contributed by atoms with Crippen LogP contribution in [0.25, 0.3) is 0 Å². The molecule has 2 aromatic rings. The summed E-state index contributed by atoms with van der Waals surface area (Å²) in [6, 6.07) is 3.59. The molecule has 0 aliphatic carbocycles. The monoisotopic (exact) mass is 377 g/mol. The van der Waals surface area contributed by atoms with Gasteiger partial charge in [0.15, 0.2) is 11.5 Å². The van der Waals surface area contributed by atoms with E-state index in [9.17, 15) is 4.79 Å². The van der Waals surface area contributed by atoms with Gasteiger partial charge < -0.3 is 28.7 Å². The Hall–Kier alpha value is -2.81. The summed E-state index contributed by atoms with van der Waals surface area (Å²) in [6.07, 6.45) is 2.33. The Balaban J connectivity index is 1.67. The fraction of sp³-hybridized carbons (Fsp3) is 0.500. The highest BCUT2D eigenvalue weighted by atomic mass is 16.5. The maximum absolute atomic E-state index is 12.1. The molecule has 9 nitrogen and oxygen atoms in total. The van der Waals surface area contributed by atoms with E-state index in [0.717, 1.165) is 25.0 Å². The highest BCUT2D eigenvalue weighted by molar-refractivity contribution is 5.89. The molecule has 1 aromatic heterocycles. The minimum Gasteiger partial charge on any atom is -0.493 e. The Morgan fingerprint density at radius 2 is 1.93 bits per heavy atom. The average Bonchev–Trinajstić information content (AvgIpc) is 3.37. The zero-order valence-electron chi connectivity index (χ0n) is 15.6. The number of ether oxygens (including phenoxy) is 4. The summed E-state index contributed by atoms with van der Waals surface area (Å²) in [5, 5.41) is 10.5. The molecular weight excluding hydrogens is 354 g/mol. The molecule has 1 amide bonds. The van der Waals surface area contributed by atoms with Crippen molar-refractivity contribution in [3.05, 3.63) is 29.5 Å². The third kappa shape index (κ3) is 4.48. The second-order valence-electron chi connectivity index (χ2n) is 6.06. The van der Waals surface area contributed by atoms with Gasteiger partial charge in [-0.25, -0.2) is 0 Å². The summed E-state index contributed by atoms with van der Waals surface area (Å²) in [5.41, 5.74) is 0.819. The summed E-state index contributed by atoms with van der Waals surface area (Å²) in [5.74, 6) is 1.39. The molecule has 1 aromatic carbocycles. The van der Waals surface area contributed by atoms with Crippen LogP contribution >= 0.6 is 0 Å². The van der Waals surface area contributed by atoms with Gasteiger partial charge in [-0.1, -0.05) is 0 Å². The third-order valence-electron chi connectivity index (χ3n) is 4.26. The molecule has 0 radical (unpaired) electrons. The van der Waals surface area contributed by atoms with Crippen LogP contribution in [0.2, 0.25) is 0 Å². The first-order chi connectivity index (χ1) is 13.1. The maximum atomic E-state index is 12.1. The summed E-state index contributed by atoms with van der Waals surface area (Å²) < 4.78 is 26.9. The SMILES string of the molecule is COc1cc(Cc2nnc(C(=O)NCC3CCCO3)o2)cc(OC)c1OC. The van der Waals surface area contributed by atoms with Crippen LogP contribution in [0.3, 0.4) is 0 Å². The lowest BCUT2D eigenvalue weighted by Crippen LogP contribution is -2.31. The maximum Gasteiger partial charge on any atom is 0.308 e. The Labute approximate surface area is 156 Å². The van der Waals surface area contributed by atoms with Gasteiger partial charge >= 0.3 is 11.8 Å². The number of rotatable bonds is 8. The lowest BCUT2D eigenvalue weighted by atomic mass is 10.1. The quantitative estimate of drug-likeness (QED) is 0.740. The largest absolute Gasteiger partial charge is 0.493 e. The molecule has 9 heteroatoms.